The molecule has 3 rings (SSSR count). The molecule has 2 saturated heterocycles. The van der Waals surface area contributed by atoms with Crippen LogP contribution in [0.3, 0.4) is 0 Å². The van der Waals surface area contributed by atoms with Gasteiger partial charge < -0.3 is 10.2 Å². The molecule has 1 N–H and O–H groups in total. The van der Waals surface area contributed by atoms with Crippen LogP contribution in [0.1, 0.15) is 77.0 Å². The normalized spacial score (nSPS) is 27.0. The van der Waals surface area contributed by atoms with Gasteiger partial charge in [-0.3, -0.25) is 4.79 Å². The highest BCUT2D eigenvalue weighted by Gasteiger charge is 2.31. The van der Waals surface area contributed by atoms with Crippen LogP contribution in [0.2, 0.25) is 0 Å². The van der Waals surface area contributed by atoms with Crippen molar-refractivity contribution in [2.45, 2.75) is 83.1 Å². The summed E-state index contributed by atoms with van der Waals surface area (Å²) in [6.07, 6.45) is 15.3. The second-order valence-electron chi connectivity index (χ2n) is 7.85. The Morgan fingerprint density at radius 2 is 1.65 bits per heavy atom. The number of nitrogens with zero attached hydrogens (tertiary/aromatic N) is 1. The van der Waals surface area contributed by atoms with E-state index in [0.29, 0.717) is 11.9 Å². The van der Waals surface area contributed by atoms with E-state index in [9.17, 15) is 4.79 Å². The van der Waals surface area contributed by atoms with Crippen LogP contribution in [0.15, 0.2) is 0 Å². The summed E-state index contributed by atoms with van der Waals surface area (Å²) in [4.78, 5) is 14.9. The van der Waals surface area contributed by atoms with Crippen molar-refractivity contribution in [1.29, 1.82) is 0 Å². The van der Waals surface area contributed by atoms with Gasteiger partial charge >= 0.3 is 0 Å². The maximum absolute atomic E-state index is 12.7. The van der Waals surface area contributed by atoms with E-state index in [0.717, 1.165) is 44.3 Å². The first-order valence-corrected chi connectivity index (χ1v) is 9.83. The summed E-state index contributed by atoms with van der Waals surface area (Å²) in [7, 11) is 0. The molecule has 3 aliphatic rings. The zero-order valence-electron chi connectivity index (χ0n) is 14.6. The number of amides is 1. The van der Waals surface area contributed by atoms with E-state index in [1.807, 2.05) is 0 Å². The van der Waals surface area contributed by atoms with Gasteiger partial charge in [0.1, 0.15) is 0 Å². The molecule has 0 radical (unpaired) electrons. The van der Waals surface area contributed by atoms with Gasteiger partial charge in [0.05, 0.1) is 0 Å². The number of piperidine rings is 1. The molecule has 0 aromatic heterocycles. The average molecular weight is 343 g/mol. The van der Waals surface area contributed by atoms with Gasteiger partial charge in [-0.2, -0.15) is 0 Å². The minimum atomic E-state index is 0. The second-order valence-corrected chi connectivity index (χ2v) is 7.85. The summed E-state index contributed by atoms with van der Waals surface area (Å²) in [6, 6.07) is 0.573. The second kappa shape index (κ2) is 9.88. The first-order chi connectivity index (χ1) is 10.8. The molecule has 1 saturated carbocycles. The lowest BCUT2D eigenvalue weighted by Crippen LogP contribution is -2.37. The fourth-order valence-corrected chi connectivity index (χ4v) is 4.86. The Morgan fingerprint density at radius 3 is 2.39 bits per heavy atom. The number of likely N-dealkylation sites (tertiary alicyclic amines) is 1. The van der Waals surface area contributed by atoms with Crippen molar-refractivity contribution >= 4 is 18.3 Å². The third-order valence-electron chi connectivity index (χ3n) is 6.25. The predicted molar refractivity (Wildman–Crippen MR) is 98.0 cm³/mol. The van der Waals surface area contributed by atoms with E-state index < -0.39 is 0 Å². The number of carbonyl (C=O) groups excluding carboxylic acids is 1. The summed E-state index contributed by atoms with van der Waals surface area (Å²) in [5, 5.41) is 3.41. The molecule has 3 fully saturated rings. The molecular weight excluding hydrogens is 308 g/mol. The summed E-state index contributed by atoms with van der Waals surface area (Å²) in [5.74, 6) is 2.14. The van der Waals surface area contributed by atoms with Crippen LogP contribution in [0.25, 0.3) is 0 Å². The number of hydrogen-bond donors (Lipinski definition) is 1. The molecule has 0 bridgehead atoms. The number of carbonyl (C=O) groups is 1. The molecule has 4 heteroatoms. The van der Waals surface area contributed by atoms with Gasteiger partial charge in [0.15, 0.2) is 0 Å². The van der Waals surface area contributed by atoms with E-state index >= 15 is 0 Å². The van der Waals surface area contributed by atoms with Crippen molar-refractivity contribution in [2.75, 3.05) is 19.6 Å². The molecule has 0 aromatic carbocycles. The zero-order valence-corrected chi connectivity index (χ0v) is 15.4. The maximum atomic E-state index is 12.7. The third kappa shape index (κ3) is 5.63. The molecule has 134 valence electrons. The number of halogens is 1. The quantitative estimate of drug-likeness (QED) is 0.814. The Morgan fingerprint density at radius 1 is 0.913 bits per heavy atom. The maximum Gasteiger partial charge on any atom is 0.222 e. The monoisotopic (exact) mass is 342 g/mol. The Balaban J connectivity index is 0.00000192. The van der Waals surface area contributed by atoms with Crippen molar-refractivity contribution in [3.63, 3.8) is 0 Å². The molecule has 1 amide bonds. The van der Waals surface area contributed by atoms with E-state index in [1.165, 1.54) is 64.2 Å². The van der Waals surface area contributed by atoms with Crippen LogP contribution < -0.4 is 5.32 Å². The lowest BCUT2D eigenvalue weighted by Gasteiger charge is -2.31. The molecule has 0 aromatic rings. The number of nitrogens with one attached hydrogen (secondary N) is 1. The standard InChI is InChI=1S/C19H34N2O.ClH/c22-19(9-8-16-10-12-20-13-11-16)21-14-4-7-18(21)15-17-5-2-1-3-6-17;/h16-18,20H,1-15H2;1H. The van der Waals surface area contributed by atoms with Crippen LogP contribution in [0, 0.1) is 11.8 Å². The third-order valence-corrected chi connectivity index (χ3v) is 6.25. The first kappa shape index (κ1) is 19.1. The fourth-order valence-electron chi connectivity index (χ4n) is 4.86. The Kier molecular flexibility index (Phi) is 8.18. The molecule has 23 heavy (non-hydrogen) atoms. The van der Waals surface area contributed by atoms with Crippen molar-refractivity contribution < 1.29 is 4.79 Å². The van der Waals surface area contributed by atoms with Crippen LogP contribution >= 0.6 is 12.4 Å². The van der Waals surface area contributed by atoms with Gasteiger partial charge in [-0.15, -0.1) is 12.4 Å². The van der Waals surface area contributed by atoms with Crippen LogP contribution in [0.4, 0.5) is 0 Å². The van der Waals surface area contributed by atoms with Crippen molar-refractivity contribution in [1.82, 2.24) is 10.2 Å². The summed E-state index contributed by atoms with van der Waals surface area (Å²) < 4.78 is 0. The molecule has 1 aliphatic carbocycles. The van der Waals surface area contributed by atoms with Gasteiger partial charge in [-0.1, -0.05) is 32.1 Å². The van der Waals surface area contributed by atoms with Crippen LogP contribution in [0.5, 0.6) is 0 Å². The Hall–Kier alpha value is -0.280. The molecule has 2 aliphatic heterocycles. The van der Waals surface area contributed by atoms with Gasteiger partial charge in [-0.05, 0) is 63.5 Å². The molecule has 2 heterocycles. The van der Waals surface area contributed by atoms with Gasteiger partial charge in [-0.25, -0.2) is 0 Å². The summed E-state index contributed by atoms with van der Waals surface area (Å²) >= 11 is 0. The summed E-state index contributed by atoms with van der Waals surface area (Å²) in [6.45, 7) is 3.32. The highest BCUT2D eigenvalue weighted by atomic mass is 35.5. The average Bonchev–Trinajstić information content (AvgIpc) is 3.03. The fraction of sp³-hybridized carbons (Fsp3) is 0.947. The molecular formula is C19H35ClN2O. The van der Waals surface area contributed by atoms with Crippen molar-refractivity contribution in [3.8, 4) is 0 Å². The topological polar surface area (TPSA) is 32.3 Å². The molecule has 1 atom stereocenters. The largest absolute Gasteiger partial charge is 0.340 e. The van der Waals surface area contributed by atoms with Crippen LogP contribution in [-0.4, -0.2) is 36.5 Å². The van der Waals surface area contributed by atoms with Crippen molar-refractivity contribution in [3.05, 3.63) is 0 Å². The lowest BCUT2D eigenvalue weighted by atomic mass is 9.84. The molecule has 1 unspecified atom stereocenters. The lowest BCUT2D eigenvalue weighted by molar-refractivity contribution is -0.132. The smallest absolute Gasteiger partial charge is 0.222 e. The number of hydrogen-bond acceptors (Lipinski definition) is 2. The molecule has 0 spiro atoms. The zero-order chi connectivity index (χ0) is 15.2. The Labute approximate surface area is 148 Å². The van der Waals surface area contributed by atoms with Gasteiger partial charge in [0, 0.05) is 19.0 Å². The minimum absolute atomic E-state index is 0. The van der Waals surface area contributed by atoms with Gasteiger partial charge in [0.2, 0.25) is 5.91 Å². The van der Waals surface area contributed by atoms with E-state index in [-0.39, 0.29) is 12.4 Å². The minimum Gasteiger partial charge on any atom is -0.340 e. The van der Waals surface area contributed by atoms with Gasteiger partial charge in [0.25, 0.3) is 0 Å². The van der Waals surface area contributed by atoms with E-state index in [2.05, 4.69) is 10.2 Å². The predicted octanol–water partition coefficient (Wildman–Crippen LogP) is 4.15. The highest BCUT2D eigenvalue weighted by Crippen LogP contribution is 2.32. The SMILES string of the molecule is Cl.O=C(CCC1CCNCC1)N1CCCC1CC1CCCCC1. The summed E-state index contributed by atoms with van der Waals surface area (Å²) in [5.41, 5.74) is 0. The van der Waals surface area contributed by atoms with Crippen LogP contribution in [-0.2, 0) is 4.79 Å². The van der Waals surface area contributed by atoms with E-state index in [1.54, 1.807) is 0 Å². The van der Waals surface area contributed by atoms with E-state index in [4.69, 9.17) is 0 Å². The highest BCUT2D eigenvalue weighted by molar-refractivity contribution is 5.85. The molecule has 3 nitrogen and oxygen atoms in total. The number of rotatable bonds is 5. The first-order valence-electron chi connectivity index (χ1n) is 9.83. The van der Waals surface area contributed by atoms with Crippen molar-refractivity contribution in [2.24, 2.45) is 11.8 Å². The Bertz CT molecular complexity index is 351.